The number of hydrogen-bond acceptors (Lipinski definition) is 3. The number of hydrogen-bond donors (Lipinski definition) is 1. The SMILES string of the molecule is Cc1csc(CCC(=O)Nc2ccc(Cl)cc2)n1. The highest BCUT2D eigenvalue weighted by Crippen LogP contribution is 2.15. The van der Waals surface area contributed by atoms with E-state index >= 15 is 0 Å². The van der Waals surface area contributed by atoms with Crippen LogP contribution < -0.4 is 5.32 Å². The molecule has 0 bridgehead atoms. The molecule has 1 aromatic heterocycles. The molecule has 0 fully saturated rings. The lowest BCUT2D eigenvalue weighted by Crippen LogP contribution is -2.12. The van der Waals surface area contributed by atoms with Gasteiger partial charge in [-0.05, 0) is 31.2 Å². The molecule has 1 heterocycles. The molecular weight excluding hydrogens is 268 g/mol. The number of rotatable bonds is 4. The molecule has 2 rings (SSSR count). The molecule has 0 unspecified atom stereocenters. The van der Waals surface area contributed by atoms with E-state index in [0.717, 1.165) is 16.4 Å². The third-order valence-corrected chi connectivity index (χ3v) is 3.64. The number of amides is 1. The fourth-order valence-corrected chi connectivity index (χ4v) is 2.40. The van der Waals surface area contributed by atoms with Gasteiger partial charge in [-0.25, -0.2) is 4.98 Å². The molecule has 0 atom stereocenters. The topological polar surface area (TPSA) is 42.0 Å². The summed E-state index contributed by atoms with van der Waals surface area (Å²) in [6.07, 6.45) is 1.12. The first kappa shape index (κ1) is 13.1. The fourth-order valence-electron chi connectivity index (χ4n) is 1.49. The van der Waals surface area contributed by atoms with Crippen molar-refractivity contribution in [3.05, 3.63) is 45.4 Å². The van der Waals surface area contributed by atoms with Gasteiger partial charge in [0.25, 0.3) is 0 Å². The Morgan fingerprint density at radius 2 is 2.11 bits per heavy atom. The Kier molecular flexibility index (Phi) is 4.33. The van der Waals surface area contributed by atoms with E-state index in [4.69, 9.17) is 11.6 Å². The third-order valence-electron chi connectivity index (χ3n) is 2.36. The van der Waals surface area contributed by atoms with E-state index in [2.05, 4.69) is 10.3 Å². The summed E-state index contributed by atoms with van der Waals surface area (Å²) in [7, 11) is 0. The van der Waals surface area contributed by atoms with Crippen LogP contribution in [-0.4, -0.2) is 10.9 Å². The van der Waals surface area contributed by atoms with Gasteiger partial charge in [-0.2, -0.15) is 0 Å². The zero-order chi connectivity index (χ0) is 13.0. The van der Waals surface area contributed by atoms with Crippen molar-refractivity contribution in [3.8, 4) is 0 Å². The van der Waals surface area contributed by atoms with Crippen molar-refractivity contribution >= 4 is 34.5 Å². The molecule has 0 aliphatic heterocycles. The third kappa shape index (κ3) is 3.82. The van der Waals surface area contributed by atoms with Crippen LogP contribution in [0.4, 0.5) is 5.69 Å². The molecule has 94 valence electrons. The second kappa shape index (κ2) is 5.98. The highest BCUT2D eigenvalue weighted by molar-refractivity contribution is 7.09. The Labute approximate surface area is 115 Å². The van der Waals surface area contributed by atoms with Crippen LogP contribution in [0.25, 0.3) is 0 Å². The lowest BCUT2D eigenvalue weighted by Gasteiger charge is -2.04. The number of nitrogens with one attached hydrogen (secondary N) is 1. The van der Waals surface area contributed by atoms with Crippen LogP contribution in [0.3, 0.4) is 0 Å². The maximum Gasteiger partial charge on any atom is 0.224 e. The summed E-state index contributed by atoms with van der Waals surface area (Å²) < 4.78 is 0. The minimum atomic E-state index is -0.00910. The Bertz CT molecular complexity index is 536. The molecule has 3 nitrogen and oxygen atoms in total. The van der Waals surface area contributed by atoms with Gasteiger partial charge in [0, 0.05) is 34.6 Å². The predicted octanol–water partition coefficient (Wildman–Crippen LogP) is 3.68. The standard InChI is InChI=1S/C13H13ClN2OS/c1-9-8-18-13(15-9)7-6-12(17)16-11-4-2-10(14)3-5-11/h2-5,8H,6-7H2,1H3,(H,16,17). The van der Waals surface area contributed by atoms with Gasteiger partial charge >= 0.3 is 0 Å². The summed E-state index contributed by atoms with van der Waals surface area (Å²) in [4.78, 5) is 16.0. The average Bonchev–Trinajstić information content (AvgIpc) is 2.76. The molecule has 0 aliphatic carbocycles. The lowest BCUT2D eigenvalue weighted by molar-refractivity contribution is -0.116. The fraction of sp³-hybridized carbons (Fsp3) is 0.231. The minimum absolute atomic E-state index is 0.00910. The molecule has 2 aromatic rings. The molecule has 0 radical (unpaired) electrons. The molecule has 5 heteroatoms. The molecule has 0 saturated heterocycles. The van der Waals surface area contributed by atoms with Crippen LogP contribution in [0.1, 0.15) is 17.1 Å². The van der Waals surface area contributed by atoms with Crippen molar-refractivity contribution in [3.63, 3.8) is 0 Å². The van der Waals surface area contributed by atoms with E-state index in [9.17, 15) is 4.79 Å². The molecular formula is C13H13ClN2OS. The van der Waals surface area contributed by atoms with Crippen molar-refractivity contribution in [1.82, 2.24) is 4.98 Å². The second-order valence-corrected chi connectivity index (χ2v) is 5.32. The molecule has 0 aliphatic rings. The van der Waals surface area contributed by atoms with Crippen LogP contribution >= 0.6 is 22.9 Å². The normalized spacial score (nSPS) is 10.3. The summed E-state index contributed by atoms with van der Waals surface area (Å²) in [6.45, 7) is 1.95. The van der Waals surface area contributed by atoms with Crippen molar-refractivity contribution in [1.29, 1.82) is 0 Å². The van der Waals surface area contributed by atoms with E-state index in [1.54, 1.807) is 35.6 Å². The first-order valence-corrected chi connectivity index (χ1v) is 6.85. The van der Waals surface area contributed by atoms with E-state index in [-0.39, 0.29) is 5.91 Å². The summed E-state index contributed by atoms with van der Waals surface area (Å²) in [5.41, 5.74) is 1.77. The van der Waals surface area contributed by atoms with Crippen LogP contribution in [0.2, 0.25) is 5.02 Å². The molecule has 1 N–H and O–H groups in total. The van der Waals surface area contributed by atoms with Crippen LogP contribution in [0.15, 0.2) is 29.6 Å². The zero-order valence-corrected chi connectivity index (χ0v) is 11.5. The number of nitrogens with zero attached hydrogens (tertiary/aromatic N) is 1. The number of aromatic nitrogens is 1. The largest absolute Gasteiger partial charge is 0.326 e. The minimum Gasteiger partial charge on any atom is -0.326 e. The highest BCUT2D eigenvalue weighted by Gasteiger charge is 2.05. The number of thiazole rings is 1. The predicted molar refractivity (Wildman–Crippen MR) is 75.3 cm³/mol. The summed E-state index contributed by atoms with van der Waals surface area (Å²) in [5.74, 6) is -0.00910. The van der Waals surface area contributed by atoms with Gasteiger partial charge in [0.05, 0.1) is 5.01 Å². The summed E-state index contributed by atoms with van der Waals surface area (Å²) in [6, 6.07) is 7.07. The van der Waals surface area contributed by atoms with Crippen molar-refractivity contribution in [2.45, 2.75) is 19.8 Å². The van der Waals surface area contributed by atoms with Crippen LogP contribution in [0.5, 0.6) is 0 Å². The zero-order valence-electron chi connectivity index (χ0n) is 9.94. The van der Waals surface area contributed by atoms with Gasteiger partial charge in [-0.15, -0.1) is 11.3 Å². The maximum absolute atomic E-state index is 11.7. The van der Waals surface area contributed by atoms with Crippen LogP contribution in [-0.2, 0) is 11.2 Å². The first-order valence-electron chi connectivity index (χ1n) is 5.60. The number of carbonyl (C=O) groups is 1. The van der Waals surface area contributed by atoms with Gasteiger partial charge in [0.1, 0.15) is 0 Å². The van der Waals surface area contributed by atoms with Crippen LogP contribution in [0, 0.1) is 6.92 Å². The number of benzene rings is 1. The average molecular weight is 281 g/mol. The van der Waals surface area contributed by atoms with E-state index in [0.29, 0.717) is 17.9 Å². The van der Waals surface area contributed by atoms with Crippen molar-refractivity contribution < 1.29 is 4.79 Å². The van der Waals surface area contributed by atoms with E-state index in [1.807, 2.05) is 12.3 Å². The maximum atomic E-state index is 11.7. The van der Waals surface area contributed by atoms with Gasteiger partial charge in [0.15, 0.2) is 0 Å². The molecule has 0 spiro atoms. The van der Waals surface area contributed by atoms with Gasteiger partial charge in [0.2, 0.25) is 5.91 Å². The molecule has 1 amide bonds. The quantitative estimate of drug-likeness (QED) is 0.928. The number of aryl methyl sites for hydroxylation is 2. The Hall–Kier alpha value is -1.39. The Balaban J connectivity index is 1.83. The van der Waals surface area contributed by atoms with Crippen molar-refractivity contribution in [2.24, 2.45) is 0 Å². The molecule has 1 aromatic carbocycles. The highest BCUT2D eigenvalue weighted by atomic mass is 35.5. The van der Waals surface area contributed by atoms with Gasteiger partial charge in [-0.3, -0.25) is 4.79 Å². The second-order valence-electron chi connectivity index (χ2n) is 3.94. The van der Waals surface area contributed by atoms with Gasteiger partial charge < -0.3 is 5.32 Å². The van der Waals surface area contributed by atoms with E-state index < -0.39 is 0 Å². The van der Waals surface area contributed by atoms with Gasteiger partial charge in [-0.1, -0.05) is 11.6 Å². The molecule has 0 saturated carbocycles. The number of halogens is 1. The Morgan fingerprint density at radius 1 is 1.39 bits per heavy atom. The summed E-state index contributed by atoms with van der Waals surface area (Å²) >= 11 is 7.36. The lowest BCUT2D eigenvalue weighted by atomic mass is 10.2. The van der Waals surface area contributed by atoms with Crippen molar-refractivity contribution in [2.75, 3.05) is 5.32 Å². The smallest absolute Gasteiger partial charge is 0.224 e. The number of anilines is 1. The first-order chi connectivity index (χ1) is 8.63. The molecule has 18 heavy (non-hydrogen) atoms. The summed E-state index contributed by atoms with van der Waals surface area (Å²) in [5, 5.41) is 6.48. The monoisotopic (exact) mass is 280 g/mol. The number of carbonyl (C=O) groups excluding carboxylic acids is 1. The van der Waals surface area contributed by atoms with E-state index in [1.165, 1.54) is 0 Å². The Morgan fingerprint density at radius 3 is 2.72 bits per heavy atom.